The van der Waals surface area contributed by atoms with E-state index in [4.69, 9.17) is 4.74 Å². The van der Waals surface area contributed by atoms with Crippen molar-refractivity contribution in [2.24, 2.45) is 0 Å². The Morgan fingerprint density at radius 3 is 2.96 bits per heavy atom. The van der Waals surface area contributed by atoms with Crippen LogP contribution in [-0.2, 0) is 11.2 Å². The minimum atomic E-state index is -0.123. The molecule has 0 radical (unpaired) electrons. The van der Waals surface area contributed by atoms with Crippen molar-refractivity contribution in [3.8, 4) is 0 Å². The van der Waals surface area contributed by atoms with Gasteiger partial charge in [0.25, 0.3) is 0 Å². The van der Waals surface area contributed by atoms with Crippen molar-refractivity contribution < 1.29 is 9.53 Å². The van der Waals surface area contributed by atoms with E-state index in [9.17, 15) is 4.79 Å². The second-order valence-electron chi connectivity index (χ2n) is 5.98. The number of nitrogens with one attached hydrogen (secondary N) is 2. The van der Waals surface area contributed by atoms with Crippen LogP contribution in [0, 0.1) is 6.92 Å². The van der Waals surface area contributed by atoms with Gasteiger partial charge in [0, 0.05) is 30.6 Å². The number of carbonyl (C=O) groups excluding carboxylic acids is 1. The molecule has 0 unspecified atom stereocenters. The molecule has 2 N–H and O–H groups in total. The van der Waals surface area contributed by atoms with E-state index in [1.165, 1.54) is 0 Å². The molecule has 0 bridgehead atoms. The highest BCUT2D eigenvalue weighted by Gasteiger charge is 2.30. The Bertz CT molecular complexity index is 659. The van der Waals surface area contributed by atoms with Gasteiger partial charge in [0.15, 0.2) is 0 Å². The Morgan fingerprint density at radius 2 is 2.21 bits per heavy atom. The van der Waals surface area contributed by atoms with Crippen molar-refractivity contribution in [1.29, 1.82) is 0 Å². The van der Waals surface area contributed by atoms with Gasteiger partial charge >= 0.3 is 6.03 Å². The Balaban J connectivity index is 1.41. The fourth-order valence-corrected chi connectivity index (χ4v) is 3.71. The number of aryl methyl sites for hydroxylation is 2. The zero-order chi connectivity index (χ0) is 16.8. The van der Waals surface area contributed by atoms with Crippen LogP contribution >= 0.6 is 11.3 Å². The maximum Gasteiger partial charge on any atom is 0.315 e. The van der Waals surface area contributed by atoms with Gasteiger partial charge in [0.1, 0.15) is 6.10 Å². The molecule has 1 saturated heterocycles. The number of urea groups is 1. The van der Waals surface area contributed by atoms with Gasteiger partial charge in [-0.05, 0) is 25.3 Å². The first-order valence-corrected chi connectivity index (χ1v) is 9.22. The van der Waals surface area contributed by atoms with Crippen LogP contribution in [0.25, 0.3) is 0 Å². The van der Waals surface area contributed by atoms with Crippen LogP contribution < -0.4 is 10.6 Å². The zero-order valence-corrected chi connectivity index (χ0v) is 14.6. The highest BCUT2D eigenvalue weighted by atomic mass is 32.1. The lowest BCUT2D eigenvalue weighted by Crippen LogP contribution is -2.43. The molecule has 24 heavy (non-hydrogen) atoms. The molecule has 2 atom stereocenters. The Morgan fingerprint density at radius 1 is 1.38 bits per heavy atom. The summed E-state index contributed by atoms with van der Waals surface area (Å²) in [5.41, 5.74) is 2.17. The number of ether oxygens (including phenoxy) is 1. The van der Waals surface area contributed by atoms with E-state index in [1.807, 2.05) is 37.3 Å². The van der Waals surface area contributed by atoms with Crippen LogP contribution in [0.1, 0.15) is 35.2 Å². The van der Waals surface area contributed by atoms with Crippen LogP contribution in [0.3, 0.4) is 0 Å². The number of rotatable bonds is 6. The molecule has 2 heterocycles. The summed E-state index contributed by atoms with van der Waals surface area (Å²) in [4.78, 5) is 16.5. The zero-order valence-electron chi connectivity index (χ0n) is 13.8. The number of thiazole rings is 1. The van der Waals surface area contributed by atoms with E-state index in [-0.39, 0.29) is 18.2 Å². The van der Waals surface area contributed by atoms with Crippen LogP contribution in [-0.4, -0.2) is 30.2 Å². The van der Waals surface area contributed by atoms with Crippen LogP contribution in [0.2, 0.25) is 0 Å². The van der Waals surface area contributed by atoms with Crippen LogP contribution in [0.15, 0.2) is 35.7 Å². The van der Waals surface area contributed by atoms with Gasteiger partial charge in [-0.1, -0.05) is 30.3 Å². The number of hydrogen-bond acceptors (Lipinski definition) is 4. The molecule has 2 amide bonds. The fourth-order valence-electron chi connectivity index (χ4n) is 2.89. The molecule has 128 valence electrons. The molecule has 5 nitrogen and oxygen atoms in total. The van der Waals surface area contributed by atoms with Crippen molar-refractivity contribution >= 4 is 17.4 Å². The first-order valence-electron chi connectivity index (χ1n) is 8.34. The lowest BCUT2D eigenvalue weighted by atomic mass is 10.0. The molecule has 1 aliphatic rings. The highest BCUT2D eigenvalue weighted by Crippen LogP contribution is 2.28. The van der Waals surface area contributed by atoms with E-state index < -0.39 is 0 Å². The topological polar surface area (TPSA) is 63.2 Å². The summed E-state index contributed by atoms with van der Waals surface area (Å²) < 4.78 is 5.79. The Hall–Kier alpha value is -1.92. The molecule has 1 aromatic carbocycles. The molecular weight excluding hydrogens is 322 g/mol. The third kappa shape index (κ3) is 4.55. The SMILES string of the molecule is Cc1csc(CCCNC(=O)N[C@H]2CCO[C@@H]2c2ccccc2)n1. The summed E-state index contributed by atoms with van der Waals surface area (Å²) in [5.74, 6) is 0. The summed E-state index contributed by atoms with van der Waals surface area (Å²) >= 11 is 1.68. The Labute approximate surface area is 146 Å². The normalized spacial score (nSPS) is 20.0. The quantitative estimate of drug-likeness (QED) is 0.790. The van der Waals surface area contributed by atoms with Gasteiger partial charge in [-0.25, -0.2) is 9.78 Å². The molecule has 6 heteroatoms. The minimum absolute atomic E-state index is 0.0222. The molecule has 1 aliphatic heterocycles. The van der Waals surface area contributed by atoms with Crippen LogP contribution in [0.5, 0.6) is 0 Å². The summed E-state index contributed by atoms with van der Waals surface area (Å²) in [6.07, 6.45) is 2.57. The van der Waals surface area contributed by atoms with Crippen molar-refractivity contribution in [3.05, 3.63) is 52.0 Å². The largest absolute Gasteiger partial charge is 0.371 e. The molecule has 0 saturated carbocycles. The Kier molecular flexibility index (Phi) is 5.82. The highest BCUT2D eigenvalue weighted by molar-refractivity contribution is 7.09. The smallest absolute Gasteiger partial charge is 0.315 e. The van der Waals surface area contributed by atoms with Gasteiger partial charge in [-0.3, -0.25) is 0 Å². The molecular formula is C18H23N3O2S. The van der Waals surface area contributed by atoms with E-state index >= 15 is 0 Å². The predicted molar refractivity (Wildman–Crippen MR) is 95.2 cm³/mol. The summed E-state index contributed by atoms with van der Waals surface area (Å²) in [6.45, 7) is 3.32. The minimum Gasteiger partial charge on any atom is -0.371 e. The van der Waals surface area contributed by atoms with E-state index in [0.29, 0.717) is 13.2 Å². The number of benzene rings is 1. The van der Waals surface area contributed by atoms with Gasteiger partial charge < -0.3 is 15.4 Å². The summed E-state index contributed by atoms with van der Waals surface area (Å²) in [6, 6.07) is 9.95. The first kappa shape index (κ1) is 16.9. The van der Waals surface area contributed by atoms with E-state index in [0.717, 1.165) is 35.5 Å². The monoisotopic (exact) mass is 345 g/mol. The molecule has 0 spiro atoms. The second-order valence-corrected chi connectivity index (χ2v) is 6.93. The van der Waals surface area contributed by atoms with E-state index in [1.54, 1.807) is 11.3 Å². The molecule has 1 aromatic heterocycles. The third-order valence-electron chi connectivity index (χ3n) is 4.06. The average Bonchev–Trinajstić information content (AvgIpc) is 3.21. The van der Waals surface area contributed by atoms with Gasteiger partial charge in [-0.15, -0.1) is 11.3 Å². The standard InChI is InChI=1S/C18H23N3O2S/c1-13-12-24-16(20-13)8-5-10-19-18(22)21-15-9-11-23-17(15)14-6-3-2-4-7-14/h2-4,6-7,12,15,17H,5,8-11H2,1H3,(H2,19,21,22)/t15-,17+/m0/s1. The summed E-state index contributed by atoms with van der Waals surface area (Å²) in [7, 11) is 0. The van der Waals surface area contributed by atoms with Gasteiger partial charge in [0.2, 0.25) is 0 Å². The number of aromatic nitrogens is 1. The maximum absolute atomic E-state index is 12.1. The molecule has 3 rings (SSSR count). The lowest BCUT2D eigenvalue weighted by molar-refractivity contribution is 0.0999. The van der Waals surface area contributed by atoms with Crippen molar-refractivity contribution in [1.82, 2.24) is 15.6 Å². The summed E-state index contributed by atoms with van der Waals surface area (Å²) in [5, 5.41) is 9.15. The van der Waals surface area contributed by atoms with Crippen molar-refractivity contribution in [2.75, 3.05) is 13.2 Å². The number of nitrogens with zero attached hydrogens (tertiary/aromatic N) is 1. The van der Waals surface area contributed by atoms with Crippen LogP contribution in [0.4, 0.5) is 4.79 Å². The maximum atomic E-state index is 12.1. The number of amides is 2. The fraction of sp³-hybridized carbons (Fsp3) is 0.444. The predicted octanol–water partition coefficient (Wildman–Crippen LogP) is 3.21. The third-order valence-corrected chi connectivity index (χ3v) is 5.08. The molecule has 1 fully saturated rings. The van der Waals surface area contributed by atoms with Crippen molar-refractivity contribution in [2.45, 2.75) is 38.3 Å². The second kappa shape index (κ2) is 8.26. The average molecular weight is 345 g/mol. The van der Waals surface area contributed by atoms with Crippen molar-refractivity contribution in [3.63, 3.8) is 0 Å². The van der Waals surface area contributed by atoms with Gasteiger partial charge in [0.05, 0.1) is 11.0 Å². The first-order chi connectivity index (χ1) is 11.7. The molecule has 0 aliphatic carbocycles. The number of hydrogen-bond donors (Lipinski definition) is 2. The number of carbonyl (C=O) groups is 1. The molecule has 2 aromatic rings. The van der Waals surface area contributed by atoms with Gasteiger partial charge in [-0.2, -0.15) is 0 Å². The lowest BCUT2D eigenvalue weighted by Gasteiger charge is -2.20. The van der Waals surface area contributed by atoms with E-state index in [2.05, 4.69) is 21.0 Å².